The summed E-state index contributed by atoms with van der Waals surface area (Å²) < 4.78 is 1.81. The Morgan fingerprint density at radius 2 is 1.48 bits per heavy atom. The van der Waals surface area contributed by atoms with Crippen molar-refractivity contribution in [2.24, 2.45) is 0 Å². The normalized spacial score (nSPS) is 13.7. The maximum atomic E-state index is 13.1. The number of nitrogens with zero attached hydrogens (tertiary/aromatic N) is 4. The van der Waals surface area contributed by atoms with Crippen molar-refractivity contribution in [3.63, 3.8) is 0 Å². The number of imidazole rings is 1. The number of aryl methyl sites for hydroxylation is 1. The number of hydrogen-bond donors (Lipinski definition) is 2. The van der Waals surface area contributed by atoms with Crippen LogP contribution in [0.25, 0.3) is 5.65 Å². The topological polar surface area (TPSA) is 64.9 Å². The van der Waals surface area contributed by atoms with E-state index in [2.05, 4.69) is 80.9 Å². The van der Waals surface area contributed by atoms with Crippen LogP contribution in [0.4, 0.5) is 11.4 Å². The van der Waals surface area contributed by atoms with Gasteiger partial charge in [0.2, 0.25) is 0 Å². The lowest BCUT2D eigenvalue weighted by Crippen LogP contribution is -2.46. The molecule has 210 valence electrons. The van der Waals surface area contributed by atoms with Crippen LogP contribution in [0.1, 0.15) is 54.0 Å². The van der Waals surface area contributed by atoms with Crippen LogP contribution in [-0.2, 0) is 19.5 Å². The molecule has 0 radical (unpaired) electrons. The van der Waals surface area contributed by atoms with E-state index in [0.29, 0.717) is 29.3 Å². The van der Waals surface area contributed by atoms with Crippen molar-refractivity contribution in [3.05, 3.63) is 94.4 Å². The molecule has 40 heavy (non-hydrogen) atoms. The highest BCUT2D eigenvalue weighted by molar-refractivity contribution is 6.30. The van der Waals surface area contributed by atoms with E-state index in [-0.39, 0.29) is 5.91 Å². The first-order valence-corrected chi connectivity index (χ1v) is 14.8. The second-order valence-electron chi connectivity index (χ2n) is 10.4. The molecule has 1 amide bonds. The summed E-state index contributed by atoms with van der Waals surface area (Å²) in [6, 6.07) is 21.1. The molecule has 0 saturated carbocycles. The number of carbonyl (C=O) groups excluding carboxylic acids is 1. The molecular formula is C32H39ClN6O. The van der Waals surface area contributed by atoms with E-state index in [1.807, 2.05) is 11.3 Å². The molecule has 3 heterocycles. The Morgan fingerprint density at radius 3 is 2.05 bits per heavy atom. The van der Waals surface area contributed by atoms with Gasteiger partial charge >= 0.3 is 0 Å². The van der Waals surface area contributed by atoms with Crippen LogP contribution in [0.2, 0.25) is 5.02 Å². The number of piperazine rings is 1. The van der Waals surface area contributed by atoms with Crippen LogP contribution in [0.15, 0.2) is 66.9 Å². The van der Waals surface area contributed by atoms with Gasteiger partial charge in [-0.15, -0.1) is 0 Å². The van der Waals surface area contributed by atoms with Crippen molar-refractivity contribution in [1.82, 2.24) is 20.0 Å². The van der Waals surface area contributed by atoms with Gasteiger partial charge in [0.1, 0.15) is 11.3 Å². The summed E-state index contributed by atoms with van der Waals surface area (Å²) in [4.78, 5) is 22.6. The summed E-state index contributed by atoms with van der Waals surface area (Å²) in [5.74, 6) is -0.132. The van der Waals surface area contributed by atoms with Crippen molar-refractivity contribution < 1.29 is 4.79 Å². The highest BCUT2D eigenvalue weighted by Gasteiger charge is 2.19. The Labute approximate surface area is 242 Å². The van der Waals surface area contributed by atoms with Gasteiger partial charge in [-0.25, -0.2) is 4.98 Å². The third-order valence-electron chi connectivity index (χ3n) is 7.58. The lowest BCUT2D eigenvalue weighted by atomic mass is 10.1. The minimum atomic E-state index is -0.132. The Kier molecular flexibility index (Phi) is 9.24. The summed E-state index contributed by atoms with van der Waals surface area (Å²) in [6.07, 6.45) is 4.92. The number of nitrogens with one attached hydrogen (secondary N) is 2. The summed E-state index contributed by atoms with van der Waals surface area (Å²) in [5, 5.41) is 7.19. The largest absolute Gasteiger partial charge is 0.368 e. The molecule has 7 nitrogen and oxygen atoms in total. The zero-order chi connectivity index (χ0) is 27.9. The van der Waals surface area contributed by atoms with Crippen LogP contribution < -0.4 is 20.4 Å². The zero-order valence-electron chi connectivity index (χ0n) is 23.5. The number of amides is 1. The van der Waals surface area contributed by atoms with Gasteiger partial charge in [0.05, 0.1) is 5.69 Å². The van der Waals surface area contributed by atoms with E-state index in [4.69, 9.17) is 11.6 Å². The maximum absolute atomic E-state index is 13.1. The van der Waals surface area contributed by atoms with Gasteiger partial charge in [0.25, 0.3) is 5.91 Å². The average Bonchev–Trinajstić information content (AvgIpc) is 3.36. The molecule has 0 bridgehead atoms. The summed E-state index contributed by atoms with van der Waals surface area (Å²) >= 11 is 6.11. The Bertz CT molecular complexity index is 1410. The number of pyridine rings is 1. The molecule has 2 aromatic heterocycles. The maximum Gasteiger partial charge on any atom is 0.270 e. The van der Waals surface area contributed by atoms with Gasteiger partial charge in [0.15, 0.2) is 0 Å². The number of rotatable bonds is 11. The van der Waals surface area contributed by atoms with E-state index in [9.17, 15) is 4.79 Å². The van der Waals surface area contributed by atoms with Crippen molar-refractivity contribution in [2.45, 2.75) is 46.2 Å². The number of carbonyl (C=O) groups is 1. The van der Waals surface area contributed by atoms with E-state index in [1.54, 1.807) is 18.3 Å². The number of anilines is 2. The molecule has 1 aliphatic heterocycles. The summed E-state index contributed by atoms with van der Waals surface area (Å²) in [5.41, 5.74) is 6.94. The molecular weight excluding hydrogens is 520 g/mol. The van der Waals surface area contributed by atoms with Gasteiger partial charge in [-0.3, -0.25) is 9.20 Å². The van der Waals surface area contributed by atoms with Gasteiger partial charge in [-0.2, -0.15) is 0 Å². The van der Waals surface area contributed by atoms with Gasteiger partial charge in [0, 0.05) is 67.9 Å². The van der Waals surface area contributed by atoms with Gasteiger partial charge < -0.3 is 20.4 Å². The molecule has 1 aliphatic rings. The highest BCUT2D eigenvalue weighted by Crippen LogP contribution is 2.22. The molecule has 5 rings (SSSR count). The molecule has 1 fully saturated rings. The molecule has 4 aromatic rings. The van der Waals surface area contributed by atoms with Gasteiger partial charge in [-0.1, -0.05) is 56.1 Å². The first-order chi connectivity index (χ1) is 19.6. The molecule has 0 spiro atoms. The second kappa shape index (κ2) is 13.2. The lowest BCUT2D eigenvalue weighted by molar-refractivity contribution is 0.0944. The molecule has 2 aromatic carbocycles. The Hall–Kier alpha value is -3.55. The number of aromatic nitrogens is 2. The highest BCUT2D eigenvalue weighted by atomic mass is 35.5. The zero-order valence-corrected chi connectivity index (χ0v) is 24.3. The van der Waals surface area contributed by atoms with Crippen LogP contribution in [0.3, 0.4) is 0 Å². The number of halogens is 1. The quantitative estimate of drug-likeness (QED) is 0.231. The molecule has 8 heteroatoms. The molecule has 0 aliphatic carbocycles. The molecule has 0 unspecified atom stereocenters. The predicted molar refractivity (Wildman–Crippen MR) is 165 cm³/mol. The Morgan fingerprint density at radius 1 is 0.875 bits per heavy atom. The van der Waals surface area contributed by atoms with Crippen molar-refractivity contribution in [2.75, 3.05) is 42.5 Å². The van der Waals surface area contributed by atoms with E-state index >= 15 is 0 Å². The van der Waals surface area contributed by atoms with Crippen molar-refractivity contribution in [1.29, 1.82) is 0 Å². The smallest absolute Gasteiger partial charge is 0.270 e. The van der Waals surface area contributed by atoms with Crippen molar-refractivity contribution in [3.8, 4) is 0 Å². The molecule has 2 N–H and O–H groups in total. The second-order valence-corrected chi connectivity index (χ2v) is 10.8. The number of benzene rings is 2. The average molecular weight is 559 g/mol. The minimum absolute atomic E-state index is 0.132. The molecule has 1 saturated heterocycles. The third kappa shape index (κ3) is 6.60. The van der Waals surface area contributed by atoms with Crippen LogP contribution in [-0.4, -0.2) is 48.0 Å². The fourth-order valence-electron chi connectivity index (χ4n) is 5.23. The predicted octanol–water partition coefficient (Wildman–Crippen LogP) is 5.70. The minimum Gasteiger partial charge on any atom is -0.368 e. The first-order valence-electron chi connectivity index (χ1n) is 14.4. The van der Waals surface area contributed by atoms with Crippen molar-refractivity contribution >= 4 is 34.5 Å². The lowest BCUT2D eigenvalue weighted by Gasteiger charge is -2.37. The Balaban J connectivity index is 1.12. The fraction of sp³-hybridized carbons (Fsp3) is 0.375. The third-order valence-corrected chi connectivity index (χ3v) is 7.82. The molecule has 0 atom stereocenters. The van der Waals surface area contributed by atoms with Crippen LogP contribution in [0.5, 0.6) is 0 Å². The van der Waals surface area contributed by atoms with Crippen LogP contribution >= 0.6 is 11.6 Å². The SMILES string of the molecule is CCCCNCc1ccc(N2CCN(c3ccc(CNC(=O)c4c(CC)nc5cc(Cl)ccn45)cc3)CC2)cc1. The first kappa shape index (κ1) is 28.0. The van der Waals surface area contributed by atoms with Crippen LogP contribution in [0, 0.1) is 0 Å². The number of fused-ring (bicyclic) bond motifs is 1. The number of unbranched alkanes of at least 4 members (excludes halogenated alkanes) is 1. The van der Waals surface area contributed by atoms with Gasteiger partial charge in [-0.05, 0) is 60.8 Å². The van der Waals surface area contributed by atoms with E-state index in [1.165, 1.54) is 29.8 Å². The van der Waals surface area contributed by atoms with E-state index < -0.39 is 0 Å². The van der Waals surface area contributed by atoms with E-state index in [0.717, 1.165) is 50.5 Å². The summed E-state index contributed by atoms with van der Waals surface area (Å²) in [7, 11) is 0. The summed E-state index contributed by atoms with van der Waals surface area (Å²) in [6.45, 7) is 10.6. The standard InChI is InChI=1S/C32H39ClN6O/c1-3-5-15-34-22-24-6-10-27(11-7-24)37-17-19-38(20-18-37)28-12-8-25(9-13-28)23-35-32(40)31-29(4-2)36-30-21-26(33)14-16-39(30)31/h6-14,16,21,34H,3-5,15,17-20,22-23H2,1-2H3,(H,35,40). The monoisotopic (exact) mass is 558 g/mol. The fourth-order valence-corrected chi connectivity index (χ4v) is 5.38. The number of hydrogen-bond acceptors (Lipinski definition) is 5.